The van der Waals surface area contributed by atoms with E-state index in [0.29, 0.717) is 12.0 Å². The summed E-state index contributed by atoms with van der Waals surface area (Å²) in [6.45, 7) is 2.16. The van der Waals surface area contributed by atoms with Crippen LogP contribution >= 0.6 is 0 Å². The number of hydrogen-bond acceptors (Lipinski definition) is 1. The maximum absolute atomic E-state index is 2.36. The first-order chi connectivity index (χ1) is 8.84. The number of hydrogen-bond donors (Lipinski definition) is 0. The summed E-state index contributed by atoms with van der Waals surface area (Å²) in [6, 6.07) is 11.1. The van der Waals surface area contributed by atoms with E-state index in [1.807, 2.05) is 0 Å². The molecule has 1 aromatic carbocycles. The van der Waals surface area contributed by atoms with Crippen LogP contribution in [-0.4, -0.2) is 10.9 Å². The third kappa shape index (κ3) is 2.04. The minimum atomic E-state index is 0.381. The van der Waals surface area contributed by atoms with Crippen LogP contribution in [0.25, 0.3) is 0 Å². The average Bonchev–Trinajstić information content (AvgIpc) is 2.60. The van der Waals surface area contributed by atoms with Gasteiger partial charge in [-0.15, -0.1) is 0 Å². The van der Waals surface area contributed by atoms with E-state index in [1.165, 1.54) is 11.1 Å². The molecule has 0 unspecified atom stereocenters. The lowest BCUT2D eigenvalue weighted by molar-refractivity contribution is 0.395. The van der Waals surface area contributed by atoms with Crippen molar-refractivity contribution in [2.24, 2.45) is 0 Å². The van der Waals surface area contributed by atoms with Crippen LogP contribution in [0.15, 0.2) is 78.7 Å². The number of fused-ring (bicyclic) bond motifs is 1. The van der Waals surface area contributed by atoms with Crippen molar-refractivity contribution in [2.75, 3.05) is 0 Å². The zero-order chi connectivity index (χ0) is 12.4. The molecule has 1 heteroatoms. The Bertz CT molecular complexity index is 534. The predicted molar refractivity (Wildman–Crippen MR) is 76.0 cm³/mol. The van der Waals surface area contributed by atoms with Gasteiger partial charge in [0.15, 0.2) is 0 Å². The van der Waals surface area contributed by atoms with Gasteiger partial charge in [-0.1, -0.05) is 54.1 Å². The van der Waals surface area contributed by atoms with Gasteiger partial charge < -0.3 is 4.90 Å². The molecule has 0 aliphatic carbocycles. The van der Waals surface area contributed by atoms with Crippen molar-refractivity contribution in [3.8, 4) is 0 Å². The standard InChI is InChI=1S/C17H17N/c1-14-10-12-18-11-6-5-9-17(18)16(13-14)15-7-3-2-4-8-15/h2-13,16-17H,1H3/t16-,17+/m1/s1. The highest BCUT2D eigenvalue weighted by atomic mass is 15.1. The highest BCUT2D eigenvalue weighted by molar-refractivity contribution is 5.36. The lowest BCUT2D eigenvalue weighted by atomic mass is 9.88. The van der Waals surface area contributed by atoms with Crippen molar-refractivity contribution >= 4 is 0 Å². The molecule has 0 spiro atoms. The molecule has 2 heterocycles. The Hall–Kier alpha value is -2.02. The third-order valence-electron chi connectivity index (χ3n) is 3.53. The quantitative estimate of drug-likeness (QED) is 0.711. The van der Waals surface area contributed by atoms with Crippen LogP contribution in [0.2, 0.25) is 0 Å². The Labute approximate surface area is 108 Å². The molecule has 0 saturated heterocycles. The van der Waals surface area contributed by atoms with Crippen LogP contribution in [0.5, 0.6) is 0 Å². The van der Waals surface area contributed by atoms with Crippen molar-refractivity contribution in [3.05, 3.63) is 84.2 Å². The van der Waals surface area contributed by atoms with E-state index < -0.39 is 0 Å². The third-order valence-corrected chi connectivity index (χ3v) is 3.53. The van der Waals surface area contributed by atoms with Gasteiger partial charge in [0.25, 0.3) is 0 Å². The molecule has 2 aliphatic rings. The van der Waals surface area contributed by atoms with Gasteiger partial charge in [0.2, 0.25) is 0 Å². The minimum absolute atomic E-state index is 0.381. The maximum Gasteiger partial charge on any atom is 0.0617 e. The van der Waals surface area contributed by atoms with E-state index >= 15 is 0 Å². The number of rotatable bonds is 1. The molecule has 18 heavy (non-hydrogen) atoms. The van der Waals surface area contributed by atoms with Gasteiger partial charge in [-0.05, 0) is 24.6 Å². The van der Waals surface area contributed by atoms with E-state index in [0.717, 1.165) is 0 Å². The summed E-state index contributed by atoms with van der Waals surface area (Å²) in [5, 5.41) is 0. The molecule has 0 amide bonds. The first-order valence-corrected chi connectivity index (χ1v) is 6.38. The van der Waals surface area contributed by atoms with Gasteiger partial charge in [-0.3, -0.25) is 0 Å². The molecule has 0 aromatic heterocycles. The number of nitrogens with zero attached hydrogens (tertiary/aromatic N) is 1. The summed E-state index contributed by atoms with van der Waals surface area (Å²) >= 11 is 0. The molecular formula is C17H17N. The first kappa shape index (κ1) is 11.1. The average molecular weight is 235 g/mol. The van der Waals surface area contributed by atoms with E-state index in [9.17, 15) is 0 Å². The highest BCUT2D eigenvalue weighted by Crippen LogP contribution is 2.31. The molecule has 2 atom stereocenters. The van der Waals surface area contributed by atoms with Crippen molar-refractivity contribution < 1.29 is 0 Å². The van der Waals surface area contributed by atoms with E-state index in [-0.39, 0.29) is 0 Å². The van der Waals surface area contributed by atoms with Crippen LogP contribution in [0, 0.1) is 0 Å². The summed E-state index contributed by atoms with van der Waals surface area (Å²) in [5.41, 5.74) is 2.69. The van der Waals surface area contributed by atoms with Crippen molar-refractivity contribution in [3.63, 3.8) is 0 Å². The zero-order valence-corrected chi connectivity index (χ0v) is 10.5. The molecule has 0 bridgehead atoms. The minimum Gasteiger partial charge on any atom is -0.347 e. The molecule has 1 aromatic rings. The summed E-state index contributed by atoms with van der Waals surface area (Å²) in [5.74, 6) is 0.405. The van der Waals surface area contributed by atoms with Crippen molar-refractivity contribution in [2.45, 2.75) is 18.9 Å². The Morgan fingerprint density at radius 1 is 1.00 bits per heavy atom. The fraction of sp³-hybridized carbons (Fsp3) is 0.176. The first-order valence-electron chi connectivity index (χ1n) is 6.38. The van der Waals surface area contributed by atoms with E-state index in [1.54, 1.807) is 0 Å². The molecule has 0 fully saturated rings. The molecular weight excluding hydrogens is 218 g/mol. The van der Waals surface area contributed by atoms with Crippen molar-refractivity contribution in [1.82, 2.24) is 4.90 Å². The predicted octanol–water partition coefficient (Wildman–Crippen LogP) is 4.00. The summed E-state index contributed by atoms with van der Waals surface area (Å²) in [7, 11) is 0. The Balaban J connectivity index is 2.03. The molecule has 2 aliphatic heterocycles. The second-order valence-electron chi connectivity index (χ2n) is 4.83. The van der Waals surface area contributed by atoms with Gasteiger partial charge in [0.1, 0.15) is 0 Å². The van der Waals surface area contributed by atoms with Gasteiger partial charge >= 0.3 is 0 Å². The summed E-state index contributed by atoms with van der Waals surface area (Å²) in [4.78, 5) is 2.28. The zero-order valence-electron chi connectivity index (χ0n) is 10.5. The lowest BCUT2D eigenvalue weighted by Gasteiger charge is -2.31. The number of allylic oxidation sites excluding steroid dienone is 4. The second kappa shape index (κ2) is 4.69. The van der Waals surface area contributed by atoms with Crippen LogP contribution in [0.4, 0.5) is 0 Å². The second-order valence-corrected chi connectivity index (χ2v) is 4.83. The lowest BCUT2D eigenvalue weighted by Crippen LogP contribution is -2.30. The van der Waals surface area contributed by atoms with Crippen LogP contribution in [-0.2, 0) is 0 Å². The van der Waals surface area contributed by atoms with Gasteiger partial charge in [0.05, 0.1) is 6.04 Å². The van der Waals surface area contributed by atoms with Gasteiger partial charge in [-0.2, -0.15) is 0 Å². The molecule has 1 nitrogen and oxygen atoms in total. The topological polar surface area (TPSA) is 3.24 Å². The monoisotopic (exact) mass is 235 g/mol. The normalized spacial score (nSPS) is 25.6. The number of benzene rings is 1. The van der Waals surface area contributed by atoms with E-state index in [4.69, 9.17) is 0 Å². The maximum atomic E-state index is 2.36. The van der Waals surface area contributed by atoms with Crippen LogP contribution in [0.1, 0.15) is 18.4 Å². The summed E-state index contributed by atoms with van der Waals surface area (Å²) in [6.07, 6.45) is 15.3. The van der Waals surface area contributed by atoms with E-state index in [2.05, 4.69) is 84.9 Å². The van der Waals surface area contributed by atoms with Crippen molar-refractivity contribution in [1.29, 1.82) is 0 Å². The Morgan fingerprint density at radius 2 is 1.83 bits per heavy atom. The Morgan fingerprint density at radius 3 is 2.67 bits per heavy atom. The molecule has 90 valence electrons. The van der Waals surface area contributed by atoms with Gasteiger partial charge in [0, 0.05) is 18.3 Å². The smallest absolute Gasteiger partial charge is 0.0617 e. The van der Waals surface area contributed by atoms with Crippen LogP contribution in [0.3, 0.4) is 0 Å². The fourth-order valence-electron chi connectivity index (χ4n) is 2.59. The Kier molecular flexibility index (Phi) is 2.89. The highest BCUT2D eigenvalue weighted by Gasteiger charge is 2.25. The van der Waals surface area contributed by atoms with Gasteiger partial charge in [-0.25, -0.2) is 0 Å². The summed E-state index contributed by atoms with van der Waals surface area (Å²) < 4.78 is 0. The molecule has 0 radical (unpaired) electrons. The SMILES string of the molecule is CC1=C[C@H](c2ccccc2)[C@@H]2C=CC=CN2C=C1. The molecule has 0 N–H and O–H groups in total. The molecule has 3 rings (SSSR count). The van der Waals surface area contributed by atoms with Crippen LogP contribution < -0.4 is 0 Å². The fourth-order valence-corrected chi connectivity index (χ4v) is 2.59. The molecule has 0 saturated carbocycles. The largest absolute Gasteiger partial charge is 0.347 e.